The van der Waals surface area contributed by atoms with Crippen LogP contribution in [0.4, 0.5) is 5.69 Å². The molecule has 0 saturated carbocycles. The van der Waals surface area contributed by atoms with Gasteiger partial charge in [-0.15, -0.1) is 0 Å². The molecule has 1 aliphatic heterocycles. The molecule has 0 atom stereocenters. The molecule has 26 heavy (non-hydrogen) atoms. The number of piperazine rings is 1. The van der Waals surface area contributed by atoms with Crippen LogP contribution in [-0.2, 0) is 0 Å². The molecule has 1 fully saturated rings. The average molecular weight is 368 g/mol. The first kappa shape index (κ1) is 17.0. The molecule has 1 N–H and O–H groups in total. The summed E-state index contributed by atoms with van der Waals surface area (Å²) in [6, 6.07) is 13.9. The number of halogens is 1. The van der Waals surface area contributed by atoms with E-state index < -0.39 is 0 Å². The fourth-order valence-corrected chi connectivity index (χ4v) is 3.80. The normalized spacial score (nSPS) is 14.9. The Bertz CT molecular complexity index is 971. The highest BCUT2D eigenvalue weighted by Crippen LogP contribution is 2.25. The maximum atomic E-state index is 12.9. The number of H-pyrrole nitrogens is 1. The quantitative estimate of drug-likeness (QED) is 0.729. The summed E-state index contributed by atoms with van der Waals surface area (Å²) < 4.78 is 0. The molecule has 1 aliphatic rings. The van der Waals surface area contributed by atoms with Crippen LogP contribution in [0.5, 0.6) is 0 Å². The first-order chi connectivity index (χ1) is 12.5. The Morgan fingerprint density at radius 3 is 2.58 bits per heavy atom. The number of nitrogens with zero attached hydrogens (tertiary/aromatic N) is 2. The molecule has 4 nitrogen and oxygen atoms in total. The second-order valence-corrected chi connectivity index (χ2v) is 7.35. The minimum atomic E-state index is 0.0536. The van der Waals surface area contributed by atoms with E-state index in [-0.39, 0.29) is 5.91 Å². The van der Waals surface area contributed by atoms with Crippen molar-refractivity contribution < 1.29 is 4.79 Å². The topological polar surface area (TPSA) is 39.3 Å². The molecule has 3 aromatic rings. The molecule has 0 spiro atoms. The van der Waals surface area contributed by atoms with E-state index in [1.807, 2.05) is 29.2 Å². The minimum Gasteiger partial charge on any atom is -0.368 e. The summed E-state index contributed by atoms with van der Waals surface area (Å²) in [5.74, 6) is 0.0536. The third kappa shape index (κ3) is 3.06. The SMILES string of the molecule is Cc1cccc(N2CCN(C(=O)c3cc4cc(Cl)ccc4[nH]3)CC2)c1C. The molecule has 0 bridgehead atoms. The number of carbonyl (C=O) groups is 1. The molecule has 1 aromatic heterocycles. The number of amides is 1. The van der Waals surface area contributed by atoms with Gasteiger partial charge in [-0.3, -0.25) is 4.79 Å². The van der Waals surface area contributed by atoms with Gasteiger partial charge in [0.15, 0.2) is 0 Å². The Morgan fingerprint density at radius 1 is 1.04 bits per heavy atom. The average Bonchev–Trinajstić information content (AvgIpc) is 3.07. The molecular weight excluding hydrogens is 346 g/mol. The van der Waals surface area contributed by atoms with Gasteiger partial charge in [0.2, 0.25) is 0 Å². The highest BCUT2D eigenvalue weighted by molar-refractivity contribution is 6.31. The number of fused-ring (bicyclic) bond motifs is 1. The van der Waals surface area contributed by atoms with Crippen molar-refractivity contribution in [1.29, 1.82) is 0 Å². The van der Waals surface area contributed by atoms with Crippen molar-refractivity contribution in [1.82, 2.24) is 9.88 Å². The fraction of sp³-hybridized carbons (Fsp3) is 0.286. The Labute approximate surface area is 158 Å². The van der Waals surface area contributed by atoms with Gasteiger partial charge in [-0.1, -0.05) is 23.7 Å². The lowest BCUT2D eigenvalue weighted by Crippen LogP contribution is -2.49. The number of aromatic amines is 1. The second kappa shape index (κ2) is 6.69. The zero-order valence-electron chi connectivity index (χ0n) is 15.1. The predicted octanol–water partition coefficient (Wildman–Crippen LogP) is 4.40. The second-order valence-electron chi connectivity index (χ2n) is 6.91. The van der Waals surface area contributed by atoms with Gasteiger partial charge in [-0.05, 0) is 55.3 Å². The summed E-state index contributed by atoms with van der Waals surface area (Å²) >= 11 is 6.04. The van der Waals surface area contributed by atoms with Crippen molar-refractivity contribution in [2.45, 2.75) is 13.8 Å². The lowest BCUT2D eigenvalue weighted by atomic mass is 10.1. The van der Waals surface area contributed by atoms with Gasteiger partial charge in [0.1, 0.15) is 5.69 Å². The maximum absolute atomic E-state index is 12.9. The number of hydrogen-bond acceptors (Lipinski definition) is 2. The van der Waals surface area contributed by atoms with Crippen molar-refractivity contribution in [3.63, 3.8) is 0 Å². The first-order valence-corrected chi connectivity index (χ1v) is 9.29. The van der Waals surface area contributed by atoms with Crippen molar-refractivity contribution in [3.05, 3.63) is 64.3 Å². The van der Waals surface area contributed by atoms with Crippen LogP contribution in [0.15, 0.2) is 42.5 Å². The number of nitrogens with one attached hydrogen (secondary N) is 1. The van der Waals surface area contributed by atoms with E-state index >= 15 is 0 Å². The molecule has 2 aromatic carbocycles. The van der Waals surface area contributed by atoms with Gasteiger partial charge < -0.3 is 14.8 Å². The van der Waals surface area contributed by atoms with E-state index in [1.54, 1.807) is 0 Å². The first-order valence-electron chi connectivity index (χ1n) is 8.91. The highest BCUT2D eigenvalue weighted by Gasteiger charge is 2.24. The summed E-state index contributed by atoms with van der Waals surface area (Å²) in [4.78, 5) is 20.4. The van der Waals surface area contributed by atoms with Crippen LogP contribution in [-0.4, -0.2) is 42.0 Å². The number of aryl methyl sites for hydroxylation is 1. The zero-order chi connectivity index (χ0) is 18.3. The predicted molar refractivity (Wildman–Crippen MR) is 107 cm³/mol. The molecule has 5 heteroatoms. The zero-order valence-corrected chi connectivity index (χ0v) is 15.8. The van der Waals surface area contributed by atoms with Crippen LogP contribution in [0.3, 0.4) is 0 Å². The number of aromatic nitrogens is 1. The van der Waals surface area contributed by atoms with Crippen LogP contribution in [0.25, 0.3) is 10.9 Å². The number of carbonyl (C=O) groups excluding carboxylic acids is 1. The van der Waals surface area contributed by atoms with Crippen LogP contribution in [0.2, 0.25) is 5.02 Å². The molecular formula is C21H22ClN3O. The smallest absolute Gasteiger partial charge is 0.270 e. The number of benzene rings is 2. The van der Waals surface area contributed by atoms with Gasteiger partial charge in [0, 0.05) is 47.8 Å². The van der Waals surface area contributed by atoms with Gasteiger partial charge in [0.25, 0.3) is 5.91 Å². The van der Waals surface area contributed by atoms with Crippen molar-refractivity contribution in [3.8, 4) is 0 Å². The molecule has 1 saturated heterocycles. The third-order valence-electron chi connectivity index (χ3n) is 5.30. The Hall–Kier alpha value is -2.46. The largest absolute Gasteiger partial charge is 0.368 e. The molecule has 134 valence electrons. The number of anilines is 1. The minimum absolute atomic E-state index is 0.0536. The standard InChI is InChI=1S/C21H22ClN3O/c1-14-4-3-5-20(15(14)2)24-8-10-25(11-9-24)21(26)19-13-16-12-17(22)6-7-18(16)23-19/h3-7,12-13,23H,8-11H2,1-2H3. The summed E-state index contributed by atoms with van der Waals surface area (Å²) in [5.41, 5.74) is 5.46. The van der Waals surface area contributed by atoms with Crippen molar-refractivity contribution in [2.24, 2.45) is 0 Å². The van der Waals surface area contributed by atoms with Crippen LogP contribution in [0, 0.1) is 13.8 Å². The van der Waals surface area contributed by atoms with Crippen molar-refractivity contribution in [2.75, 3.05) is 31.1 Å². The van der Waals surface area contributed by atoms with E-state index in [2.05, 4.69) is 41.9 Å². The third-order valence-corrected chi connectivity index (χ3v) is 5.53. The van der Waals surface area contributed by atoms with Crippen molar-refractivity contribution >= 4 is 34.1 Å². The summed E-state index contributed by atoms with van der Waals surface area (Å²) in [7, 11) is 0. The van der Waals surface area contributed by atoms with E-state index in [9.17, 15) is 4.79 Å². The number of rotatable bonds is 2. The molecule has 0 radical (unpaired) electrons. The van der Waals surface area contributed by atoms with E-state index in [0.717, 1.165) is 37.1 Å². The van der Waals surface area contributed by atoms with Gasteiger partial charge in [-0.25, -0.2) is 0 Å². The fourth-order valence-electron chi connectivity index (χ4n) is 3.62. The van der Waals surface area contributed by atoms with Crippen LogP contribution < -0.4 is 4.90 Å². The molecule has 4 rings (SSSR count). The van der Waals surface area contributed by atoms with Gasteiger partial charge in [-0.2, -0.15) is 0 Å². The van der Waals surface area contributed by atoms with E-state index in [1.165, 1.54) is 16.8 Å². The van der Waals surface area contributed by atoms with E-state index in [0.29, 0.717) is 10.7 Å². The highest BCUT2D eigenvalue weighted by atomic mass is 35.5. The van der Waals surface area contributed by atoms with Gasteiger partial charge in [0.05, 0.1) is 0 Å². The summed E-state index contributed by atoms with van der Waals surface area (Å²) in [6.45, 7) is 7.45. The van der Waals surface area contributed by atoms with Crippen LogP contribution >= 0.6 is 11.6 Å². The Morgan fingerprint density at radius 2 is 1.81 bits per heavy atom. The molecule has 2 heterocycles. The molecule has 0 aliphatic carbocycles. The Kier molecular flexibility index (Phi) is 4.37. The van der Waals surface area contributed by atoms with Gasteiger partial charge >= 0.3 is 0 Å². The van der Waals surface area contributed by atoms with Crippen LogP contribution in [0.1, 0.15) is 21.6 Å². The molecule has 1 amide bonds. The maximum Gasteiger partial charge on any atom is 0.270 e. The lowest BCUT2D eigenvalue weighted by molar-refractivity contribution is 0.0742. The number of hydrogen-bond donors (Lipinski definition) is 1. The molecule has 0 unspecified atom stereocenters. The Balaban J connectivity index is 1.48. The lowest BCUT2D eigenvalue weighted by Gasteiger charge is -2.36. The monoisotopic (exact) mass is 367 g/mol. The van der Waals surface area contributed by atoms with E-state index in [4.69, 9.17) is 11.6 Å². The summed E-state index contributed by atoms with van der Waals surface area (Å²) in [6.07, 6.45) is 0. The summed E-state index contributed by atoms with van der Waals surface area (Å²) in [5, 5.41) is 1.65.